The Balaban J connectivity index is 2.57. The lowest BCUT2D eigenvalue weighted by molar-refractivity contribution is 0.593. The van der Waals surface area contributed by atoms with Gasteiger partial charge < -0.3 is 0 Å². The largest absolute Gasteiger partial charge is 0.269 e. The summed E-state index contributed by atoms with van der Waals surface area (Å²) in [6.45, 7) is 3.71. The zero-order chi connectivity index (χ0) is 15.6. The van der Waals surface area contributed by atoms with Crippen LogP contribution in [0.15, 0.2) is 47.4 Å². The van der Waals surface area contributed by atoms with E-state index in [1.807, 2.05) is 38.1 Å². The van der Waals surface area contributed by atoms with Crippen LogP contribution in [0.25, 0.3) is 0 Å². The van der Waals surface area contributed by atoms with Crippen LogP contribution in [0.1, 0.15) is 16.7 Å². The lowest BCUT2D eigenvalue weighted by Gasteiger charge is -2.21. The fourth-order valence-corrected chi connectivity index (χ4v) is 3.87. The minimum absolute atomic E-state index is 0.290. The van der Waals surface area contributed by atoms with Crippen molar-refractivity contribution in [1.82, 2.24) is 0 Å². The normalized spacial score (nSPS) is 11.4. The highest BCUT2D eigenvalue weighted by atomic mass is 35.5. The first-order valence-corrected chi connectivity index (χ1v) is 8.55. The van der Waals surface area contributed by atoms with Crippen LogP contribution in [0.3, 0.4) is 0 Å². The third kappa shape index (κ3) is 3.06. The van der Waals surface area contributed by atoms with Crippen LogP contribution in [0.5, 0.6) is 0 Å². The number of nitrogens with zero attached hydrogens (tertiary/aromatic N) is 1. The van der Waals surface area contributed by atoms with E-state index in [-0.39, 0.29) is 0 Å². The van der Waals surface area contributed by atoms with Crippen LogP contribution in [0.4, 0.5) is 5.69 Å². The molecule has 0 aliphatic heterocycles. The molecule has 0 spiro atoms. The van der Waals surface area contributed by atoms with Crippen molar-refractivity contribution in [3.63, 3.8) is 0 Å². The first-order valence-electron chi connectivity index (χ1n) is 6.58. The van der Waals surface area contributed by atoms with Crippen LogP contribution >= 0.6 is 11.6 Å². The molecular weight excluding hydrogens is 306 g/mol. The van der Waals surface area contributed by atoms with E-state index in [4.69, 9.17) is 11.6 Å². The highest BCUT2D eigenvalue weighted by molar-refractivity contribution is 7.92. The summed E-state index contributed by atoms with van der Waals surface area (Å²) in [5.41, 5.74) is 3.12. The Morgan fingerprint density at radius 2 is 1.71 bits per heavy atom. The van der Waals surface area contributed by atoms with Gasteiger partial charge in [-0.05, 0) is 48.7 Å². The lowest BCUT2D eigenvalue weighted by Crippen LogP contribution is -2.27. The summed E-state index contributed by atoms with van der Waals surface area (Å²) in [5.74, 6) is 0.290. The summed E-state index contributed by atoms with van der Waals surface area (Å²) in [7, 11) is -2.04. The van der Waals surface area contributed by atoms with Gasteiger partial charge in [-0.3, -0.25) is 4.31 Å². The maximum atomic E-state index is 12.9. The Kier molecular flexibility index (Phi) is 4.59. The second kappa shape index (κ2) is 6.08. The second-order valence-electron chi connectivity index (χ2n) is 4.98. The molecule has 0 atom stereocenters. The topological polar surface area (TPSA) is 37.4 Å². The van der Waals surface area contributed by atoms with E-state index in [2.05, 4.69) is 0 Å². The van der Waals surface area contributed by atoms with E-state index < -0.39 is 10.0 Å². The van der Waals surface area contributed by atoms with Gasteiger partial charge in [-0.1, -0.05) is 24.3 Å². The monoisotopic (exact) mass is 323 g/mol. The van der Waals surface area contributed by atoms with Crippen LogP contribution < -0.4 is 4.31 Å². The molecule has 0 heterocycles. The smallest absolute Gasteiger partial charge is 0.264 e. The molecule has 3 nitrogen and oxygen atoms in total. The number of aryl methyl sites for hydroxylation is 1. The number of rotatable bonds is 4. The Labute approximate surface area is 131 Å². The van der Waals surface area contributed by atoms with Crippen molar-refractivity contribution in [3.05, 3.63) is 59.2 Å². The second-order valence-corrected chi connectivity index (χ2v) is 7.18. The van der Waals surface area contributed by atoms with Gasteiger partial charge in [0.25, 0.3) is 10.0 Å². The molecule has 0 radical (unpaired) electrons. The summed E-state index contributed by atoms with van der Waals surface area (Å²) in [6.07, 6.45) is 0. The first kappa shape index (κ1) is 15.9. The van der Waals surface area contributed by atoms with Gasteiger partial charge in [-0.2, -0.15) is 0 Å². The molecule has 5 heteroatoms. The van der Waals surface area contributed by atoms with Crippen LogP contribution in [-0.2, 0) is 15.9 Å². The van der Waals surface area contributed by atoms with Gasteiger partial charge in [0.1, 0.15) is 0 Å². The van der Waals surface area contributed by atoms with Crippen molar-refractivity contribution in [3.8, 4) is 0 Å². The van der Waals surface area contributed by atoms with E-state index in [0.717, 1.165) is 16.7 Å². The van der Waals surface area contributed by atoms with Crippen molar-refractivity contribution < 1.29 is 8.42 Å². The fraction of sp³-hybridized carbons (Fsp3) is 0.250. The van der Waals surface area contributed by atoms with Crippen LogP contribution in [0.2, 0.25) is 0 Å². The fourth-order valence-electron chi connectivity index (χ4n) is 2.17. The predicted octanol–water partition coefficient (Wildman–Crippen LogP) is 3.87. The summed E-state index contributed by atoms with van der Waals surface area (Å²) >= 11 is 5.86. The molecule has 0 amide bonds. The summed E-state index contributed by atoms with van der Waals surface area (Å²) in [5, 5.41) is 0. The average Bonchev–Trinajstić information content (AvgIpc) is 2.49. The molecule has 0 aromatic heterocycles. The number of hydrogen-bond donors (Lipinski definition) is 0. The molecule has 112 valence electrons. The Morgan fingerprint density at radius 1 is 1.10 bits per heavy atom. The number of alkyl halides is 1. The Hall–Kier alpha value is -1.52. The third-order valence-electron chi connectivity index (χ3n) is 3.59. The Morgan fingerprint density at radius 3 is 2.29 bits per heavy atom. The van der Waals surface area contributed by atoms with E-state index in [0.29, 0.717) is 16.5 Å². The third-order valence-corrected chi connectivity index (χ3v) is 5.81. The number of para-hydroxylation sites is 1. The lowest BCUT2D eigenvalue weighted by atomic mass is 10.1. The van der Waals surface area contributed by atoms with Crippen molar-refractivity contribution in [2.24, 2.45) is 0 Å². The first-order chi connectivity index (χ1) is 9.87. The SMILES string of the molecule is Cc1cc(CCl)cc(S(=O)(=O)N(C)c2ccccc2)c1C. The molecule has 2 aromatic carbocycles. The number of benzene rings is 2. The maximum absolute atomic E-state index is 12.9. The molecule has 0 fully saturated rings. The molecule has 21 heavy (non-hydrogen) atoms. The molecule has 0 saturated heterocycles. The zero-order valence-electron chi connectivity index (χ0n) is 12.3. The predicted molar refractivity (Wildman–Crippen MR) is 87.5 cm³/mol. The van der Waals surface area contributed by atoms with Crippen molar-refractivity contribution >= 4 is 27.3 Å². The molecule has 0 unspecified atom stereocenters. The van der Waals surface area contributed by atoms with Gasteiger partial charge in [0.15, 0.2) is 0 Å². The van der Waals surface area contributed by atoms with Crippen LogP contribution in [-0.4, -0.2) is 15.5 Å². The average molecular weight is 324 g/mol. The van der Waals surface area contributed by atoms with Gasteiger partial charge >= 0.3 is 0 Å². The van der Waals surface area contributed by atoms with Crippen LogP contribution in [0, 0.1) is 13.8 Å². The molecule has 0 saturated carbocycles. The molecule has 0 bridgehead atoms. The van der Waals surface area contributed by atoms with E-state index in [1.165, 1.54) is 4.31 Å². The summed E-state index contributed by atoms with van der Waals surface area (Å²) in [4.78, 5) is 0.310. The number of sulfonamides is 1. The van der Waals surface area contributed by atoms with Gasteiger partial charge in [0.05, 0.1) is 10.6 Å². The summed E-state index contributed by atoms with van der Waals surface area (Å²) in [6, 6.07) is 12.6. The Bertz CT molecular complexity index is 742. The molecule has 0 aliphatic carbocycles. The number of hydrogen-bond acceptors (Lipinski definition) is 2. The summed E-state index contributed by atoms with van der Waals surface area (Å²) < 4.78 is 27.0. The van der Waals surface area contributed by atoms with Gasteiger partial charge in [0.2, 0.25) is 0 Å². The van der Waals surface area contributed by atoms with Crippen molar-refractivity contribution in [1.29, 1.82) is 0 Å². The highest BCUT2D eigenvalue weighted by Crippen LogP contribution is 2.27. The quantitative estimate of drug-likeness (QED) is 0.801. The minimum Gasteiger partial charge on any atom is -0.269 e. The minimum atomic E-state index is -3.60. The number of halogens is 1. The molecule has 0 aliphatic rings. The van der Waals surface area contributed by atoms with Gasteiger partial charge in [0, 0.05) is 12.9 Å². The van der Waals surface area contributed by atoms with Gasteiger partial charge in [-0.25, -0.2) is 8.42 Å². The maximum Gasteiger partial charge on any atom is 0.264 e. The van der Waals surface area contributed by atoms with E-state index in [1.54, 1.807) is 25.2 Å². The van der Waals surface area contributed by atoms with E-state index >= 15 is 0 Å². The molecule has 0 N–H and O–H groups in total. The van der Waals surface area contributed by atoms with Crippen molar-refractivity contribution in [2.45, 2.75) is 24.6 Å². The van der Waals surface area contributed by atoms with Crippen molar-refractivity contribution in [2.75, 3.05) is 11.4 Å². The molecule has 2 aromatic rings. The molecule has 2 rings (SSSR count). The zero-order valence-corrected chi connectivity index (χ0v) is 13.9. The van der Waals surface area contributed by atoms with E-state index in [9.17, 15) is 8.42 Å². The van der Waals surface area contributed by atoms with Gasteiger partial charge in [-0.15, -0.1) is 11.6 Å². The number of anilines is 1. The standard InChI is InChI=1S/C16H18ClNO2S/c1-12-9-14(11-17)10-16(13(12)2)21(19,20)18(3)15-7-5-4-6-8-15/h4-10H,11H2,1-3H3. The highest BCUT2D eigenvalue weighted by Gasteiger charge is 2.24. The molecular formula is C16H18ClNO2S.